The Labute approximate surface area is 82.1 Å². The van der Waals surface area contributed by atoms with Crippen molar-refractivity contribution in [3.05, 3.63) is 0 Å². The molecule has 3 aliphatic carbocycles. The molecule has 3 rings (SSSR count). The van der Waals surface area contributed by atoms with E-state index >= 15 is 0 Å². The van der Waals surface area contributed by atoms with Gasteiger partial charge in [-0.3, -0.25) is 0 Å². The molecule has 3 aliphatic rings. The number of hydrogen-bond acceptors (Lipinski definition) is 0. The minimum Gasteiger partial charge on any atom is -0.0654 e. The number of rotatable bonds is 2. The van der Waals surface area contributed by atoms with Crippen LogP contribution in [0.2, 0.25) is 0 Å². The molecule has 0 amide bonds. The molecule has 74 valence electrons. The van der Waals surface area contributed by atoms with E-state index in [2.05, 4.69) is 20.8 Å². The lowest BCUT2D eigenvalue weighted by Crippen LogP contribution is -2.18. The van der Waals surface area contributed by atoms with Gasteiger partial charge in [0.15, 0.2) is 0 Å². The van der Waals surface area contributed by atoms with E-state index in [1.807, 2.05) is 0 Å². The predicted octanol–water partition coefficient (Wildman–Crippen LogP) is 3.86. The third kappa shape index (κ3) is 0.789. The topological polar surface area (TPSA) is 0 Å². The molecule has 3 fully saturated rings. The van der Waals surface area contributed by atoms with Crippen molar-refractivity contribution < 1.29 is 0 Å². The molecule has 0 aliphatic heterocycles. The Morgan fingerprint density at radius 2 is 2.08 bits per heavy atom. The fourth-order valence-corrected chi connectivity index (χ4v) is 5.41. The van der Waals surface area contributed by atoms with Crippen LogP contribution in [0.5, 0.6) is 0 Å². The molecule has 0 aromatic carbocycles. The lowest BCUT2D eigenvalue weighted by atomic mass is 9.79. The Bertz CT molecular complexity index is 244. The average molecular weight is 178 g/mol. The second-order valence-corrected chi connectivity index (χ2v) is 6.42. The summed E-state index contributed by atoms with van der Waals surface area (Å²) in [5.74, 6) is 3.40. The Kier molecular flexibility index (Phi) is 1.37. The first kappa shape index (κ1) is 8.32. The minimum atomic E-state index is 0.777. The molecule has 0 saturated heterocycles. The molecule has 2 bridgehead atoms. The standard InChI is InChI=1S/C13H22/c1-4-6-13(3)10-9-5-7-12(2,8-9)11(10)13/h9-11H,4-8H2,1-3H3. The average Bonchev–Trinajstić information content (AvgIpc) is 2.42. The molecule has 5 atom stereocenters. The Balaban J connectivity index is 1.87. The Morgan fingerprint density at radius 3 is 2.62 bits per heavy atom. The molecule has 0 heteroatoms. The largest absolute Gasteiger partial charge is 0.0654 e. The highest BCUT2D eigenvalue weighted by molar-refractivity contribution is 5.23. The molecule has 0 N–H and O–H groups in total. The predicted molar refractivity (Wildman–Crippen MR) is 55.4 cm³/mol. The molecule has 0 nitrogen and oxygen atoms in total. The number of hydrogen-bond donors (Lipinski definition) is 0. The summed E-state index contributed by atoms with van der Waals surface area (Å²) in [5.41, 5.74) is 1.56. The van der Waals surface area contributed by atoms with E-state index < -0.39 is 0 Å². The maximum atomic E-state index is 2.57. The minimum absolute atomic E-state index is 0.777. The maximum absolute atomic E-state index is 2.57. The molecule has 0 heterocycles. The molecule has 3 saturated carbocycles. The highest BCUT2D eigenvalue weighted by Crippen LogP contribution is 2.81. The van der Waals surface area contributed by atoms with Gasteiger partial charge in [-0.25, -0.2) is 0 Å². The lowest BCUT2D eigenvalue weighted by molar-refractivity contribution is 0.233. The van der Waals surface area contributed by atoms with Crippen LogP contribution in [-0.4, -0.2) is 0 Å². The third-order valence-electron chi connectivity index (χ3n) is 5.58. The van der Waals surface area contributed by atoms with Crippen molar-refractivity contribution in [1.82, 2.24) is 0 Å². The van der Waals surface area contributed by atoms with Gasteiger partial charge in [0.25, 0.3) is 0 Å². The van der Waals surface area contributed by atoms with Crippen LogP contribution in [0, 0.1) is 28.6 Å². The van der Waals surface area contributed by atoms with E-state index in [-0.39, 0.29) is 0 Å². The van der Waals surface area contributed by atoms with Gasteiger partial charge in [-0.05, 0) is 54.3 Å². The zero-order valence-electron chi connectivity index (χ0n) is 9.27. The van der Waals surface area contributed by atoms with E-state index in [4.69, 9.17) is 0 Å². The zero-order chi connectivity index (χ0) is 9.27. The van der Waals surface area contributed by atoms with Gasteiger partial charge < -0.3 is 0 Å². The van der Waals surface area contributed by atoms with Gasteiger partial charge in [0.1, 0.15) is 0 Å². The quantitative estimate of drug-likeness (QED) is 0.602. The van der Waals surface area contributed by atoms with Gasteiger partial charge in [-0.15, -0.1) is 0 Å². The second kappa shape index (κ2) is 2.15. The van der Waals surface area contributed by atoms with Crippen molar-refractivity contribution in [2.24, 2.45) is 28.6 Å². The third-order valence-corrected chi connectivity index (χ3v) is 5.58. The summed E-state index contributed by atoms with van der Waals surface area (Å²) >= 11 is 0. The highest BCUT2D eigenvalue weighted by Gasteiger charge is 2.75. The van der Waals surface area contributed by atoms with Gasteiger partial charge >= 0.3 is 0 Å². The van der Waals surface area contributed by atoms with Crippen LogP contribution in [-0.2, 0) is 0 Å². The normalized spacial score (nSPS) is 62.5. The van der Waals surface area contributed by atoms with Gasteiger partial charge in [-0.1, -0.05) is 27.2 Å². The molecular formula is C13H22. The summed E-state index contributed by atoms with van der Waals surface area (Å²) in [6.45, 7) is 7.49. The van der Waals surface area contributed by atoms with Crippen LogP contribution in [0.25, 0.3) is 0 Å². The van der Waals surface area contributed by atoms with Crippen molar-refractivity contribution in [2.75, 3.05) is 0 Å². The second-order valence-electron chi connectivity index (χ2n) is 6.42. The molecule has 0 aromatic heterocycles. The number of fused-ring (bicyclic) bond motifs is 5. The smallest absolute Gasteiger partial charge is 0.0255 e. The summed E-state index contributed by atoms with van der Waals surface area (Å²) in [7, 11) is 0. The summed E-state index contributed by atoms with van der Waals surface area (Å²) < 4.78 is 0. The molecule has 0 radical (unpaired) electrons. The summed E-state index contributed by atoms with van der Waals surface area (Å²) in [6.07, 6.45) is 7.55. The summed E-state index contributed by atoms with van der Waals surface area (Å²) in [5, 5.41) is 0. The fraction of sp³-hybridized carbons (Fsp3) is 1.00. The molecule has 0 spiro atoms. The van der Waals surface area contributed by atoms with E-state index in [0.717, 1.165) is 28.6 Å². The SMILES string of the molecule is CCCC1(C)C2C3CCC(C)(C3)C21. The van der Waals surface area contributed by atoms with Crippen molar-refractivity contribution in [1.29, 1.82) is 0 Å². The fourth-order valence-electron chi connectivity index (χ4n) is 5.41. The van der Waals surface area contributed by atoms with Crippen LogP contribution in [0.4, 0.5) is 0 Å². The molecule has 5 unspecified atom stereocenters. The Morgan fingerprint density at radius 1 is 1.31 bits per heavy atom. The molecule has 13 heavy (non-hydrogen) atoms. The highest BCUT2D eigenvalue weighted by atomic mass is 14.8. The Hall–Kier alpha value is 0. The van der Waals surface area contributed by atoms with Crippen LogP contribution in [0.15, 0.2) is 0 Å². The van der Waals surface area contributed by atoms with Crippen molar-refractivity contribution in [3.63, 3.8) is 0 Å². The summed E-state index contributed by atoms with van der Waals surface area (Å²) in [6, 6.07) is 0. The van der Waals surface area contributed by atoms with Crippen LogP contribution in [0.3, 0.4) is 0 Å². The van der Waals surface area contributed by atoms with E-state index in [9.17, 15) is 0 Å². The molecular weight excluding hydrogens is 156 g/mol. The monoisotopic (exact) mass is 178 g/mol. The van der Waals surface area contributed by atoms with Crippen LogP contribution in [0.1, 0.15) is 52.9 Å². The van der Waals surface area contributed by atoms with E-state index in [0.29, 0.717) is 0 Å². The van der Waals surface area contributed by atoms with E-state index in [1.165, 1.54) is 19.3 Å². The van der Waals surface area contributed by atoms with Gasteiger partial charge in [-0.2, -0.15) is 0 Å². The van der Waals surface area contributed by atoms with Gasteiger partial charge in [0.2, 0.25) is 0 Å². The van der Waals surface area contributed by atoms with Crippen LogP contribution >= 0.6 is 0 Å². The van der Waals surface area contributed by atoms with Gasteiger partial charge in [0.05, 0.1) is 0 Å². The van der Waals surface area contributed by atoms with Crippen molar-refractivity contribution >= 4 is 0 Å². The first-order valence-corrected chi connectivity index (χ1v) is 6.12. The first-order chi connectivity index (χ1) is 6.12. The van der Waals surface area contributed by atoms with E-state index in [1.54, 1.807) is 12.8 Å². The van der Waals surface area contributed by atoms with Crippen molar-refractivity contribution in [2.45, 2.75) is 52.9 Å². The lowest BCUT2D eigenvalue weighted by Gasteiger charge is -2.26. The van der Waals surface area contributed by atoms with Crippen LogP contribution < -0.4 is 0 Å². The first-order valence-electron chi connectivity index (χ1n) is 6.12. The van der Waals surface area contributed by atoms with Gasteiger partial charge in [0, 0.05) is 0 Å². The van der Waals surface area contributed by atoms with Crippen molar-refractivity contribution in [3.8, 4) is 0 Å². The summed E-state index contributed by atoms with van der Waals surface area (Å²) in [4.78, 5) is 0. The molecule has 0 aromatic rings. The zero-order valence-corrected chi connectivity index (χ0v) is 9.27. The maximum Gasteiger partial charge on any atom is -0.0255 e.